The smallest absolute Gasteiger partial charge is 0.321 e. The molecule has 2 aliphatic heterocycles. The van der Waals surface area contributed by atoms with Crippen molar-refractivity contribution in [2.45, 2.75) is 45.6 Å². The minimum Gasteiger partial charge on any atom is -0.341 e. The highest BCUT2D eigenvalue weighted by Gasteiger charge is 2.37. The molecule has 0 unspecified atom stereocenters. The summed E-state index contributed by atoms with van der Waals surface area (Å²) in [6, 6.07) is 14.4. The molecule has 2 aromatic rings. The molecule has 2 N–H and O–H groups in total. The maximum Gasteiger partial charge on any atom is 0.321 e. The number of urea groups is 1. The third-order valence-corrected chi connectivity index (χ3v) is 6.96. The van der Waals surface area contributed by atoms with Crippen LogP contribution >= 0.6 is 0 Å². The van der Waals surface area contributed by atoms with Gasteiger partial charge in [-0.3, -0.25) is 9.59 Å². The maximum atomic E-state index is 13.4. The molecule has 0 radical (unpaired) electrons. The minimum absolute atomic E-state index is 0.00184. The first kappa shape index (κ1) is 23.8. The summed E-state index contributed by atoms with van der Waals surface area (Å²) in [5.74, 6) is -0.221. The lowest BCUT2D eigenvalue weighted by Gasteiger charge is -2.37. The molecule has 4 rings (SSSR count). The Bertz CT molecular complexity index is 1020. The van der Waals surface area contributed by atoms with Crippen LogP contribution in [0.4, 0.5) is 10.5 Å². The molecule has 4 amide bonds. The molecule has 2 heterocycles. The van der Waals surface area contributed by atoms with E-state index in [1.54, 1.807) is 11.0 Å². The molecule has 2 aliphatic rings. The number of hydrogen-bond acceptors (Lipinski definition) is 3. The number of hydrogen-bond donors (Lipinski definition) is 2. The molecular weight excluding hydrogens is 428 g/mol. The Kier molecular flexibility index (Phi) is 7.50. The molecule has 7 nitrogen and oxygen atoms in total. The molecule has 1 atom stereocenters. The van der Waals surface area contributed by atoms with E-state index in [0.717, 1.165) is 42.7 Å². The Balaban J connectivity index is 1.42. The summed E-state index contributed by atoms with van der Waals surface area (Å²) in [5.41, 5.74) is 3.39. The standard InChI is InChI=1S/C27H34N4O3/c1-19-9-11-22(12-10-19)28-27(34)31-17-13-21(14-18-31)24(26(33)30-15-5-6-16-30)29-25(32)23-8-4-3-7-20(23)2/h3-4,7-12,21,24H,5-6,13-18H2,1-2H3,(H,28,34)(H,29,32)/t24-/m0/s1. The molecule has 180 valence electrons. The van der Waals surface area contributed by atoms with Gasteiger partial charge in [0.15, 0.2) is 0 Å². The highest BCUT2D eigenvalue weighted by atomic mass is 16.2. The van der Waals surface area contributed by atoms with Crippen molar-refractivity contribution in [2.75, 3.05) is 31.5 Å². The van der Waals surface area contributed by atoms with E-state index in [1.165, 1.54) is 0 Å². The lowest BCUT2D eigenvalue weighted by Crippen LogP contribution is -2.54. The van der Waals surface area contributed by atoms with Gasteiger partial charge in [-0.1, -0.05) is 35.9 Å². The number of anilines is 1. The first-order chi connectivity index (χ1) is 16.4. The van der Waals surface area contributed by atoms with Crippen molar-refractivity contribution in [3.05, 3.63) is 65.2 Å². The maximum absolute atomic E-state index is 13.4. The normalized spacial score (nSPS) is 17.4. The number of benzene rings is 2. The first-order valence-corrected chi connectivity index (χ1v) is 12.2. The predicted molar refractivity (Wildman–Crippen MR) is 133 cm³/mol. The SMILES string of the molecule is Cc1ccc(NC(=O)N2CCC([C@H](NC(=O)c3ccccc3C)C(=O)N3CCCC3)CC2)cc1. The van der Waals surface area contributed by atoms with Gasteiger partial charge >= 0.3 is 6.03 Å². The molecule has 0 bridgehead atoms. The van der Waals surface area contributed by atoms with Crippen molar-refractivity contribution < 1.29 is 14.4 Å². The Morgan fingerprint density at radius 2 is 1.50 bits per heavy atom. The van der Waals surface area contributed by atoms with Crippen LogP contribution in [0.1, 0.15) is 47.2 Å². The minimum atomic E-state index is -0.576. The Morgan fingerprint density at radius 3 is 2.15 bits per heavy atom. The predicted octanol–water partition coefficient (Wildman–Crippen LogP) is 3.97. The van der Waals surface area contributed by atoms with E-state index < -0.39 is 6.04 Å². The van der Waals surface area contributed by atoms with Crippen LogP contribution in [0.2, 0.25) is 0 Å². The lowest BCUT2D eigenvalue weighted by atomic mass is 9.88. The van der Waals surface area contributed by atoms with Crippen LogP contribution < -0.4 is 10.6 Å². The fourth-order valence-corrected chi connectivity index (χ4v) is 4.84. The fourth-order valence-electron chi connectivity index (χ4n) is 4.84. The Labute approximate surface area is 201 Å². The zero-order valence-corrected chi connectivity index (χ0v) is 20.0. The van der Waals surface area contributed by atoms with Crippen LogP contribution in [-0.2, 0) is 4.79 Å². The summed E-state index contributed by atoms with van der Waals surface area (Å²) in [7, 11) is 0. The van der Waals surface area contributed by atoms with Crippen molar-refractivity contribution in [1.29, 1.82) is 0 Å². The second kappa shape index (κ2) is 10.7. The fraction of sp³-hybridized carbons (Fsp3) is 0.444. The van der Waals surface area contributed by atoms with Crippen LogP contribution in [0.15, 0.2) is 48.5 Å². The average Bonchev–Trinajstić information content (AvgIpc) is 3.39. The van der Waals surface area contributed by atoms with E-state index in [-0.39, 0.29) is 23.8 Å². The van der Waals surface area contributed by atoms with Crippen molar-refractivity contribution in [3.63, 3.8) is 0 Å². The average molecular weight is 463 g/mol. The topological polar surface area (TPSA) is 81.8 Å². The van der Waals surface area contributed by atoms with Gasteiger partial charge in [0.2, 0.25) is 5.91 Å². The number of carbonyl (C=O) groups excluding carboxylic acids is 3. The number of aryl methyl sites for hydroxylation is 2. The van der Waals surface area contributed by atoms with Gasteiger partial charge in [-0.15, -0.1) is 0 Å². The quantitative estimate of drug-likeness (QED) is 0.706. The number of rotatable bonds is 5. The number of carbonyl (C=O) groups is 3. The highest BCUT2D eigenvalue weighted by molar-refractivity contribution is 5.98. The summed E-state index contributed by atoms with van der Waals surface area (Å²) < 4.78 is 0. The molecule has 0 aliphatic carbocycles. The molecule has 0 spiro atoms. The van der Waals surface area contributed by atoms with Gasteiger partial charge in [0.25, 0.3) is 5.91 Å². The van der Waals surface area contributed by atoms with Gasteiger partial charge in [-0.05, 0) is 69.2 Å². The Hall–Kier alpha value is -3.35. The number of amides is 4. The van der Waals surface area contributed by atoms with E-state index in [4.69, 9.17) is 0 Å². The van der Waals surface area contributed by atoms with Gasteiger partial charge in [-0.25, -0.2) is 4.79 Å². The van der Waals surface area contributed by atoms with Gasteiger partial charge in [0.1, 0.15) is 6.04 Å². The summed E-state index contributed by atoms with van der Waals surface area (Å²) >= 11 is 0. The zero-order chi connectivity index (χ0) is 24.1. The molecule has 34 heavy (non-hydrogen) atoms. The van der Waals surface area contributed by atoms with Crippen LogP contribution in [-0.4, -0.2) is 59.9 Å². The number of nitrogens with one attached hydrogen (secondary N) is 2. The van der Waals surface area contributed by atoms with Gasteiger partial charge in [-0.2, -0.15) is 0 Å². The van der Waals surface area contributed by atoms with Crippen LogP contribution in [0, 0.1) is 19.8 Å². The summed E-state index contributed by atoms with van der Waals surface area (Å²) in [4.78, 5) is 42.9. The third-order valence-electron chi connectivity index (χ3n) is 6.96. The van der Waals surface area contributed by atoms with Crippen molar-refractivity contribution in [2.24, 2.45) is 5.92 Å². The summed E-state index contributed by atoms with van der Waals surface area (Å²) in [6.45, 7) is 6.49. The lowest BCUT2D eigenvalue weighted by molar-refractivity contribution is -0.134. The number of likely N-dealkylation sites (tertiary alicyclic amines) is 2. The summed E-state index contributed by atoms with van der Waals surface area (Å²) in [6.07, 6.45) is 3.34. The largest absolute Gasteiger partial charge is 0.341 e. The van der Waals surface area contributed by atoms with Gasteiger partial charge in [0.05, 0.1) is 0 Å². The first-order valence-electron chi connectivity index (χ1n) is 12.2. The van der Waals surface area contributed by atoms with E-state index in [9.17, 15) is 14.4 Å². The molecule has 2 aromatic carbocycles. The van der Waals surface area contributed by atoms with Crippen LogP contribution in [0.5, 0.6) is 0 Å². The van der Waals surface area contributed by atoms with Crippen LogP contribution in [0.25, 0.3) is 0 Å². The second-order valence-corrected chi connectivity index (χ2v) is 9.42. The van der Waals surface area contributed by atoms with Crippen molar-refractivity contribution >= 4 is 23.5 Å². The molecule has 2 fully saturated rings. The van der Waals surface area contributed by atoms with Gasteiger partial charge < -0.3 is 20.4 Å². The van der Waals surface area contributed by atoms with E-state index in [0.29, 0.717) is 31.5 Å². The van der Waals surface area contributed by atoms with E-state index >= 15 is 0 Å². The third kappa shape index (κ3) is 5.58. The highest BCUT2D eigenvalue weighted by Crippen LogP contribution is 2.25. The Morgan fingerprint density at radius 1 is 0.853 bits per heavy atom. The summed E-state index contributed by atoms with van der Waals surface area (Å²) in [5, 5.41) is 6.01. The molecule has 0 saturated carbocycles. The molecule has 0 aromatic heterocycles. The number of piperidine rings is 1. The molecule has 7 heteroatoms. The van der Waals surface area contributed by atoms with Crippen molar-refractivity contribution in [3.8, 4) is 0 Å². The number of nitrogens with zero attached hydrogens (tertiary/aromatic N) is 2. The second-order valence-electron chi connectivity index (χ2n) is 9.42. The van der Waals surface area contributed by atoms with Crippen molar-refractivity contribution in [1.82, 2.24) is 15.1 Å². The van der Waals surface area contributed by atoms with Gasteiger partial charge in [0, 0.05) is 37.4 Å². The zero-order valence-electron chi connectivity index (χ0n) is 20.0. The molecule has 2 saturated heterocycles. The van der Waals surface area contributed by atoms with E-state index in [1.807, 2.05) is 61.2 Å². The molecular formula is C27H34N4O3. The van der Waals surface area contributed by atoms with E-state index in [2.05, 4.69) is 10.6 Å². The van der Waals surface area contributed by atoms with Crippen LogP contribution in [0.3, 0.4) is 0 Å². The monoisotopic (exact) mass is 462 g/mol.